The molecule has 2 heterocycles. The third-order valence-corrected chi connectivity index (χ3v) is 8.99. The zero-order valence-corrected chi connectivity index (χ0v) is 28.2. The minimum Gasteiger partial charge on any atom is -0.624 e. The van der Waals surface area contributed by atoms with Crippen molar-refractivity contribution in [1.82, 2.24) is 5.32 Å². The number of nitrogens with one attached hydrogen (secondary N) is 1. The molecule has 3 aliphatic rings. The summed E-state index contributed by atoms with van der Waals surface area (Å²) < 4.78 is 110. The van der Waals surface area contributed by atoms with Crippen molar-refractivity contribution >= 4 is 77.1 Å². The van der Waals surface area contributed by atoms with Crippen molar-refractivity contribution in [3.8, 4) is 11.5 Å². The molecule has 4 N–H and O–H groups in total. The van der Waals surface area contributed by atoms with Crippen LogP contribution < -0.4 is 14.2 Å². The monoisotopic (exact) mass is 729 g/mol. The summed E-state index contributed by atoms with van der Waals surface area (Å²) in [6.45, 7) is 2.86. The minimum absolute atomic E-state index is 0.0290. The van der Waals surface area contributed by atoms with Crippen LogP contribution >= 0.6 is 36.1 Å². The van der Waals surface area contributed by atoms with Crippen LogP contribution in [-0.4, -0.2) is 159 Å². The molecule has 4 rings (SSSR count). The van der Waals surface area contributed by atoms with Crippen LogP contribution in [-0.2, 0) is 27.4 Å². The number of rotatable bonds is 21. The van der Waals surface area contributed by atoms with E-state index in [-0.39, 0.29) is 46.5 Å². The van der Waals surface area contributed by atoms with Crippen LogP contribution in [0.2, 0.25) is 0 Å². The number of fused-ring (bicyclic) bond motifs is 1. The number of nitrogens with zero attached hydrogens (tertiary/aromatic N) is 1. The Balaban J connectivity index is 1.59. The van der Waals surface area contributed by atoms with E-state index < -0.39 is 90.4 Å². The largest absolute Gasteiger partial charge is 0.624 e. The van der Waals surface area contributed by atoms with Crippen molar-refractivity contribution in [3.63, 3.8) is 0 Å². The highest BCUT2D eigenvalue weighted by molar-refractivity contribution is 7.96. The van der Waals surface area contributed by atoms with Crippen LogP contribution in [0.5, 0.6) is 11.5 Å². The molecular formula is C27H41B3N2O12S3. The lowest BCUT2D eigenvalue weighted by Crippen LogP contribution is -2.67. The fraction of sp³-hybridized carbons (Fsp3) is 0.630. The lowest BCUT2D eigenvalue weighted by molar-refractivity contribution is -0.427. The molecular weight excluding hydrogens is 673 g/mol. The molecule has 1 saturated carbocycles. The first-order chi connectivity index (χ1) is 26.7. The first-order valence-electron chi connectivity index (χ1n) is 19.1. The van der Waals surface area contributed by atoms with Crippen LogP contribution in [0.25, 0.3) is 6.08 Å². The zero-order valence-electron chi connectivity index (χ0n) is 34.7. The van der Waals surface area contributed by atoms with Crippen LogP contribution in [0.3, 0.4) is 0 Å². The second kappa shape index (κ2) is 17.9. The first-order valence-corrected chi connectivity index (χ1v) is 17.1. The maximum atomic E-state index is 13.7. The summed E-state index contributed by atoms with van der Waals surface area (Å²) in [5.74, 6) is -0.475. The fourth-order valence-electron chi connectivity index (χ4n) is 5.17. The van der Waals surface area contributed by atoms with Gasteiger partial charge in [-0.2, -0.15) is 0 Å². The van der Waals surface area contributed by atoms with Gasteiger partial charge in [0.15, 0.2) is 23.3 Å². The molecule has 14 nitrogen and oxygen atoms in total. The summed E-state index contributed by atoms with van der Waals surface area (Å²) in [4.78, 5) is 13.7. The average molecular weight is 729 g/mol. The Kier molecular flexibility index (Phi) is 10.3. The molecule has 10 atom stereocenters. The second-order valence-corrected chi connectivity index (χ2v) is 12.8. The van der Waals surface area contributed by atoms with E-state index in [0.29, 0.717) is 10.3 Å². The molecule has 2 saturated heterocycles. The Labute approximate surface area is 302 Å². The molecule has 1 amide bonds. The molecule has 47 heavy (non-hydrogen) atoms. The van der Waals surface area contributed by atoms with E-state index in [2.05, 4.69) is 5.32 Å². The summed E-state index contributed by atoms with van der Waals surface area (Å²) in [5, 5.41) is 29.7. The van der Waals surface area contributed by atoms with E-state index in [1.54, 1.807) is 6.07 Å². The number of amides is 1. The quantitative estimate of drug-likeness (QED) is 0.0207. The Hall–Kier alpha value is -1.58. The van der Waals surface area contributed by atoms with Gasteiger partial charge < -0.3 is 57.3 Å². The lowest BCUT2D eigenvalue weighted by Gasteiger charge is -2.43. The van der Waals surface area contributed by atoms with Gasteiger partial charge in [0.25, 0.3) is 0 Å². The Morgan fingerprint density at radius 1 is 1.11 bits per heavy atom. The maximum absolute atomic E-state index is 13.7. The molecule has 0 bridgehead atoms. The lowest BCUT2D eigenvalue weighted by atomic mass is 9.83. The van der Waals surface area contributed by atoms with Gasteiger partial charge in [0.1, 0.15) is 79.9 Å². The molecule has 1 aliphatic carbocycles. The van der Waals surface area contributed by atoms with Crippen molar-refractivity contribution in [2.45, 2.75) is 75.0 Å². The molecule has 258 valence electrons. The molecule has 0 radical (unpaired) electrons. The summed E-state index contributed by atoms with van der Waals surface area (Å²) in [6.07, 6.45) is -8.18. The van der Waals surface area contributed by atoms with Crippen LogP contribution in [0.4, 0.5) is 0 Å². The smallest absolute Gasteiger partial charge is 0.247 e. The second-order valence-electron chi connectivity index (χ2n) is 10.5. The minimum atomic E-state index is -1.32. The number of ether oxygens (including phenoxy) is 4. The van der Waals surface area contributed by atoms with E-state index in [0.717, 1.165) is 36.1 Å². The summed E-state index contributed by atoms with van der Waals surface area (Å²) in [7, 11) is -2.36. The van der Waals surface area contributed by atoms with Crippen LogP contribution in [0.1, 0.15) is 19.4 Å². The normalized spacial score (nSPS) is 35.2. The third kappa shape index (κ3) is 9.16. The van der Waals surface area contributed by atoms with Crippen molar-refractivity contribution in [3.05, 3.63) is 34.5 Å². The van der Waals surface area contributed by atoms with Gasteiger partial charge in [-0.3, -0.25) is 4.79 Å². The van der Waals surface area contributed by atoms with Gasteiger partial charge in [-0.05, 0) is 74.1 Å². The van der Waals surface area contributed by atoms with Crippen LogP contribution in [0, 0.1) is 5.21 Å². The molecule has 0 aromatic heterocycles. The number of hydrogen-bond donors (Lipinski definition) is 4. The van der Waals surface area contributed by atoms with Gasteiger partial charge in [-0.15, -0.1) is 0 Å². The number of aliphatic hydroxyl groups is 3. The molecule has 20 heteroatoms. The summed E-state index contributed by atoms with van der Waals surface area (Å²) >= 11 is 2.40. The van der Waals surface area contributed by atoms with Crippen LogP contribution in [0.15, 0.2) is 23.8 Å². The SMILES string of the molecule is [2H]B([3H])CSOc1cc(/C=C(\C)C(=O)N[C@H]2[C@@H](OSCB([2H])[3H])[C@@H]3OCO[C@@H]3[C@H](O[3H])[C@H]2O[3H])ccc1O[C@@H]1O[C@H](/C(C)=[N+](\C)[O-])[C@@H](OSCB([2H])[3H])[C@@H]1O[3H]. The van der Waals surface area contributed by atoms with Crippen molar-refractivity contribution in [2.24, 2.45) is 0 Å². The van der Waals surface area contributed by atoms with Crippen molar-refractivity contribution in [1.29, 1.82) is 12.3 Å². The highest BCUT2D eigenvalue weighted by Gasteiger charge is 2.55. The predicted octanol–water partition coefficient (Wildman–Crippen LogP) is -2.02. The Morgan fingerprint density at radius 3 is 2.51 bits per heavy atom. The highest BCUT2D eigenvalue weighted by Crippen LogP contribution is 2.37. The van der Waals surface area contributed by atoms with E-state index >= 15 is 0 Å². The van der Waals surface area contributed by atoms with Gasteiger partial charge >= 0.3 is 0 Å². The van der Waals surface area contributed by atoms with E-state index in [4.69, 9.17) is 59.1 Å². The zero-order chi connectivity index (χ0) is 41.1. The number of carbonyl (C=O) groups excluding carboxylic acids is 1. The molecule has 0 unspecified atom stereocenters. The first kappa shape index (κ1) is 27.2. The number of benzene rings is 1. The van der Waals surface area contributed by atoms with E-state index in [1.807, 2.05) is 0 Å². The van der Waals surface area contributed by atoms with Crippen molar-refractivity contribution in [2.75, 3.05) is 30.8 Å². The Morgan fingerprint density at radius 2 is 1.81 bits per heavy atom. The van der Waals surface area contributed by atoms with Gasteiger partial charge in [0.05, 0.1) is 6.04 Å². The van der Waals surface area contributed by atoms with Gasteiger partial charge in [0.2, 0.25) is 16.5 Å². The maximum Gasteiger partial charge on any atom is 0.247 e. The highest BCUT2D eigenvalue weighted by atomic mass is 32.2. The van der Waals surface area contributed by atoms with Gasteiger partial charge in [-0.1, -0.05) is 6.07 Å². The van der Waals surface area contributed by atoms with Crippen molar-refractivity contribution < 1.29 is 56.4 Å². The number of hydroxylamine groups is 1. The van der Waals surface area contributed by atoms with E-state index in [9.17, 15) is 10.0 Å². The average Bonchev–Trinajstić information content (AvgIpc) is 3.76. The molecule has 1 aromatic carbocycles. The molecule has 3 fully saturated rings. The molecule has 2 aliphatic heterocycles. The number of hydrogen-bond acceptors (Lipinski definition) is 15. The molecule has 0 spiro atoms. The summed E-state index contributed by atoms with van der Waals surface area (Å²) in [6, 6.07) is 3.47. The number of carbonyl (C=O) groups is 1. The predicted molar refractivity (Wildman–Crippen MR) is 188 cm³/mol. The molecule has 1 aromatic rings. The van der Waals surface area contributed by atoms with Gasteiger partial charge in [0, 0.05) is 30.2 Å². The number of aliphatic hydroxyl groups excluding tert-OH is 3. The van der Waals surface area contributed by atoms with E-state index in [1.165, 1.54) is 39.1 Å². The summed E-state index contributed by atoms with van der Waals surface area (Å²) in [5.41, 5.74) is 0.670. The topological polar surface area (TPSA) is 180 Å². The fourth-order valence-corrected chi connectivity index (χ4v) is 6.41. The van der Waals surface area contributed by atoms with Gasteiger partial charge in [-0.25, -0.2) is 4.74 Å². The standard InChI is InChI=1S/C27H41B3N2O12S3/c1-12(26(36)31-17-18(33)19(34)23-25(39-11-38-23)22(17)43-46-9-29)6-14-4-5-15(16(7-14)42-45-8-28)40-27-20(35)24(44-47-10-30)21(41-27)13(2)32(3)37/h4-7,17-25,27,33-35H,8-11,28-30H2,1-3H3,(H,31,36)/b12-6+,32-13+/t17-,18+,19-,20+,21-,22-,23-,24+,25+,27-/m1/s1/i28TD,29TD,30TD,33T,34T,35T. The Bertz CT molecular complexity index is 1510. The third-order valence-electron chi connectivity index (χ3n) is 7.56.